The fraction of sp³-hybridized carbons (Fsp3) is 0.0714. The monoisotopic (exact) mass is 307 g/mol. The van der Waals surface area contributed by atoms with E-state index in [0.29, 0.717) is 16.3 Å². The Morgan fingerprint density at radius 1 is 1.24 bits per heavy atom. The second-order valence-electron chi connectivity index (χ2n) is 4.15. The molecule has 0 fully saturated rings. The van der Waals surface area contributed by atoms with E-state index in [1.54, 1.807) is 0 Å². The number of hydrogen-bond donors (Lipinski definition) is 1. The van der Waals surface area contributed by atoms with E-state index in [4.69, 9.17) is 21.4 Å². The number of nitrogens with zero attached hydrogens (tertiary/aromatic N) is 1. The number of hydrogen-bond acceptors (Lipinski definition) is 4. The van der Waals surface area contributed by atoms with Crippen molar-refractivity contribution in [3.05, 3.63) is 68.7 Å². The molecule has 0 aliphatic heterocycles. The molecule has 1 N–H and O–H groups in total. The summed E-state index contributed by atoms with van der Waals surface area (Å²) in [5, 5.41) is 20.1. The molecule has 0 aromatic heterocycles. The van der Waals surface area contributed by atoms with Crippen LogP contribution in [0.3, 0.4) is 0 Å². The standard InChI is InChI=1S/C14H10ClNO5/c15-11-3-6-13(16(19)20)10(7-11)8-21-12-4-1-9(2-5-12)14(17)18/h1-7H,8H2,(H,17,18). The smallest absolute Gasteiger partial charge is 0.335 e. The summed E-state index contributed by atoms with van der Waals surface area (Å²) in [7, 11) is 0. The molecule has 0 atom stereocenters. The second kappa shape index (κ2) is 6.23. The second-order valence-corrected chi connectivity index (χ2v) is 4.58. The number of rotatable bonds is 5. The van der Waals surface area contributed by atoms with Gasteiger partial charge in [0.2, 0.25) is 0 Å². The number of halogens is 1. The lowest BCUT2D eigenvalue weighted by molar-refractivity contribution is -0.385. The number of carboxylic acids is 1. The molecule has 7 heteroatoms. The zero-order valence-corrected chi connectivity index (χ0v) is 11.4. The maximum Gasteiger partial charge on any atom is 0.335 e. The minimum Gasteiger partial charge on any atom is -0.489 e. The molecule has 0 aliphatic carbocycles. The highest BCUT2D eigenvalue weighted by molar-refractivity contribution is 6.30. The molecule has 2 aromatic rings. The number of carboxylic acid groups (broad SMARTS) is 1. The van der Waals surface area contributed by atoms with E-state index >= 15 is 0 Å². The maximum atomic E-state index is 10.9. The van der Waals surface area contributed by atoms with Crippen molar-refractivity contribution < 1.29 is 19.6 Å². The molecule has 2 rings (SSSR count). The first-order chi connectivity index (χ1) is 9.97. The van der Waals surface area contributed by atoms with Gasteiger partial charge in [-0.05, 0) is 36.4 Å². The van der Waals surface area contributed by atoms with Gasteiger partial charge in [0, 0.05) is 11.1 Å². The van der Waals surface area contributed by atoms with Gasteiger partial charge in [0.05, 0.1) is 16.1 Å². The molecule has 21 heavy (non-hydrogen) atoms. The molecule has 0 unspecified atom stereocenters. The molecule has 0 amide bonds. The van der Waals surface area contributed by atoms with Crippen molar-refractivity contribution in [3.8, 4) is 5.75 Å². The van der Waals surface area contributed by atoms with Gasteiger partial charge in [-0.1, -0.05) is 11.6 Å². The number of nitro groups is 1. The van der Waals surface area contributed by atoms with Crippen LogP contribution in [0.15, 0.2) is 42.5 Å². The number of ether oxygens (including phenoxy) is 1. The van der Waals surface area contributed by atoms with Crippen LogP contribution in [0.5, 0.6) is 5.75 Å². The van der Waals surface area contributed by atoms with Crippen molar-refractivity contribution in [1.29, 1.82) is 0 Å². The topological polar surface area (TPSA) is 89.7 Å². The number of aromatic carboxylic acids is 1. The van der Waals surface area contributed by atoms with Gasteiger partial charge in [0.25, 0.3) is 5.69 Å². The molecule has 108 valence electrons. The molecule has 2 aromatic carbocycles. The van der Waals surface area contributed by atoms with Gasteiger partial charge in [-0.3, -0.25) is 10.1 Å². The van der Waals surface area contributed by atoms with Crippen molar-refractivity contribution in [1.82, 2.24) is 0 Å². The first kappa shape index (κ1) is 14.8. The molecule has 0 aliphatic rings. The Kier molecular flexibility index (Phi) is 4.39. The summed E-state index contributed by atoms with van der Waals surface area (Å²) in [4.78, 5) is 21.1. The Balaban J connectivity index is 2.14. The van der Waals surface area contributed by atoms with E-state index < -0.39 is 10.9 Å². The Morgan fingerprint density at radius 3 is 2.48 bits per heavy atom. The minimum absolute atomic E-state index is 0.0384. The van der Waals surface area contributed by atoms with Crippen molar-refractivity contribution in [2.75, 3.05) is 0 Å². The quantitative estimate of drug-likeness (QED) is 0.674. The van der Waals surface area contributed by atoms with Crippen LogP contribution in [0, 0.1) is 10.1 Å². The molecular formula is C14H10ClNO5. The lowest BCUT2D eigenvalue weighted by Crippen LogP contribution is -2.01. The van der Waals surface area contributed by atoms with E-state index in [2.05, 4.69) is 0 Å². The minimum atomic E-state index is -1.04. The summed E-state index contributed by atoms with van der Waals surface area (Å²) in [6.07, 6.45) is 0. The third-order valence-corrected chi connectivity index (χ3v) is 2.97. The molecule has 0 radical (unpaired) electrons. The van der Waals surface area contributed by atoms with Gasteiger partial charge in [-0.15, -0.1) is 0 Å². The normalized spacial score (nSPS) is 10.1. The van der Waals surface area contributed by atoms with E-state index in [9.17, 15) is 14.9 Å². The van der Waals surface area contributed by atoms with Crippen LogP contribution >= 0.6 is 11.6 Å². The first-order valence-corrected chi connectivity index (χ1v) is 6.24. The summed E-state index contributed by atoms with van der Waals surface area (Å²) < 4.78 is 5.42. The molecule has 0 spiro atoms. The predicted octanol–water partition coefficient (Wildman–Crippen LogP) is 3.53. The van der Waals surface area contributed by atoms with E-state index in [1.165, 1.54) is 42.5 Å². The van der Waals surface area contributed by atoms with Crippen molar-refractivity contribution >= 4 is 23.3 Å². The van der Waals surface area contributed by atoms with Crippen molar-refractivity contribution in [2.24, 2.45) is 0 Å². The number of benzene rings is 2. The largest absolute Gasteiger partial charge is 0.489 e. The fourth-order valence-electron chi connectivity index (χ4n) is 1.70. The summed E-state index contributed by atoms with van der Waals surface area (Å²) in [6.45, 7) is -0.0384. The summed E-state index contributed by atoms with van der Waals surface area (Å²) in [6, 6.07) is 9.97. The van der Waals surface area contributed by atoms with Gasteiger partial charge >= 0.3 is 5.97 Å². The number of carbonyl (C=O) groups is 1. The van der Waals surface area contributed by atoms with Crippen LogP contribution in [0.4, 0.5) is 5.69 Å². The lowest BCUT2D eigenvalue weighted by Gasteiger charge is -2.07. The number of nitro benzene ring substituents is 1. The van der Waals surface area contributed by atoms with Crippen LogP contribution in [0.25, 0.3) is 0 Å². The van der Waals surface area contributed by atoms with Crippen LogP contribution in [-0.2, 0) is 6.61 Å². The van der Waals surface area contributed by atoms with E-state index in [0.717, 1.165) is 0 Å². The SMILES string of the molecule is O=C(O)c1ccc(OCc2cc(Cl)ccc2[N+](=O)[O-])cc1. The zero-order chi connectivity index (χ0) is 15.4. The van der Waals surface area contributed by atoms with Crippen LogP contribution in [0.2, 0.25) is 5.02 Å². The zero-order valence-electron chi connectivity index (χ0n) is 10.7. The summed E-state index contributed by atoms with van der Waals surface area (Å²) >= 11 is 5.82. The Hall–Kier alpha value is -2.60. The summed E-state index contributed by atoms with van der Waals surface area (Å²) in [5.74, 6) is -0.624. The highest BCUT2D eigenvalue weighted by Crippen LogP contribution is 2.24. The highest BCUT2D eigenvalue weighted by atomic mass is 35.5. The average Bonchev–Trinajstić information content (AvgIpc) is 2.45. The van der Waals surface area contributed by atoms with Gasteiger partial charge in [0.15, 0.2) is 0 Å². The summed E-state index contributed by atoms with van der Waals surface area (Å²) in [5.41, 5.74) is 0.396. The third-order valence-electron chi connectivity index (χ3n) is 2.73. The van der Waals surface area contributed by atoms with Crippen LogP contribution < -0.4 is 4.74 Å². The Bertz CT molecular complexity index is 684. The fourth-order valence-corrected chi connectivity index (χ4v) is 1.90. The molecular weight excluding hydrogens is 298 g/mol. The maximum absolute atomic E-state index is 10.9. The lowest BCUT2D eigenvalue weighted by atomic mass is 10.2. The van der Waals surface area contributed by atoms with Gasteiger partial charge in [-0.2, -0.15) is 0 Å². The Morgan fingerprint density at radius 2 is 1.90 bits per heavy atom. The highest BCUT2D eigenvalue weighted by Gasteiger charge is 2.14. The van der Waals surface area contributed by atoms with Gasteiger partial charge < -0.3 is 9.84 Å². The van der Waals surface area contributed by atoms with Crippen LogP contribution in [0.1, 0.15) is 15.9 Å². The van der Waals surface area contributed by atoms with E-state index in [1.807, 2.05) is 0 Å². The molecule has 0 saturated carbocycles. The van der Waals surface area contributed by atoms with Crippen LogP contribution in [-0.4, -0.2) is 16.0 Å². The van der Waals surface area contributed by atoms with Gasteiger partial charge in [-0.25, -0.2) is 4.79 Å². The molecule has 6 nitrogen and oxygen atoms in total. The van der Waals surface area contributed by atoms with Crippen molar-refractivity contribution in [2.45, 2.75) is 6.61 Å². The Labute approximate surface area is 124 Å². The molecule has 0 saturated heterocycles. The molecule has 0 heterocycles. The molecule has 0 bridgehead atoms. The average molecular weight is 308 g/mol. The van der Waals surface area contributed by atoms with E-state index in [-0.39, 0.29) is 17.9 Å². The predicted molar refractivity (Wildman–Crippen MR) is 75.8 cm³/mol. The van der Waals surface area contributed by atoms with Crippen molar-refractivity contribution in [3.63, 3.8) is 0 Å². The third kappa shape index (κ3) is 3.70. The first-order valence-electron chi connectivity index (χ1n) is 5.86. The van der Waals surface area contributed by atoms with Gasteiger partial charge in [0.1, 0.15) is 12.4 Å².